The summed E-state index contributed by atoms with van der Waals surface area (Å²) in [6.07, 6.45) is 2.75. The van der Waals surface area contributed by atoms with Crippen molar-refractivity contribution in [2.75, 3.05) is 38.7 Å². The Labute approximate surface area is 235 Å². The summed E-state index contributed by atoms with van der Waals surface area (Å²) in [4.78, 5) is 28.8. The van der Waals surface area contributed by atoms with Gasteiger partial charge in [0.25, 0.3) is 11.5 Å². The summed E-state index contributed by atoms with van der Waals surface area (Å²) in [5.74, 6) is -0.472. The van der Waals surface area contributed by atoms with Crippen LogP contribution in [-0.4, -0.2) is 96.9 Å². The zero-order valence-electron chi connectivity index (χ0n) is 23.3. The number of para-hydroxylation sites is 1. The zero-order valence-corrected chi connectivity index (χ0v) is 24.1. The fourth-order valence-corrected chi connectivity index (χ4v) is 7.12. The molecule has 2 aliphatic heterocycles. The number of aromatic nitrogens is 1. The van der Waals surface area contributed by atoms with Gasteiger partial charge in [-0.3, -0.25) is 14.5 Å². The molecule has 40 heavy (non-hydrogen) atoms. The molecule has 2 bridgehead atoms. The quantitative estimate of drug-likeness (QED) is 0.243. The number of aliphatic hydroxyl groups is 2. The number of carbonyl (C=O) groups excluding carboxylic acids is 1. The Morgan fingerprint density at radius 2 is 1.85 bits per heavy atom. The number of carbonyl (C=O) groups is 1. The summed E-state index contributed by atoms with van der Waals surface area (Å²) in [6.45, 7) is 4.45. The molecule has 0 aliphatic carbocycles. The number of rotatable bonds is 14. The van der Waals surface area contributed by atoms with E-state index in [2.05, 4.69) is 14.9 Å². The van der Waals surface area contributed by atoms with Gasteiger partial charge in [-0.1, -0.05) is 18.2 Å². The molecule has 1 aromatic heterocycles. The molecule has 11 nitrogen and oxygen atoms in total. The number of benzene rings is 1. The number of nitrogens with zero attached hydrogens (tertiary/aromatic N) is 2. The van der Waals surface area contributed by atoms with E-state index in [4.69, 9.17) is 9.84 Å². The van der Waals surface area contributed by atoms with E-state index in [1.54, 1.807) is 10.6 Å². The van der Waals surface area contributed by atoms with Crippen LogP contribution < -0.4 is 15.6 Å². The third-order valence-corrected chi connectivity index (χ3v) is 9.26. The molecule has 4 N–H and O–H groups in total. The minimum Gasteiger partial charge on any atom is -0.394 e. The summed E-state index contributed by atoms with van der Waals surface area (Å²) in [7, 11) is -3.54. The van der Waals surface area contributed by atoms with Gasteiger partial charge in [0.15, 0.2) is 0 Å². The number of nitrogens with one attached hydrogen (secondary N) is 2. The van der Waals surface area contributed by atoms with Gasteiger partial charge in [0, 0.05) is 43.9 Å². The van der Waals surface area contributed by atoms with Crippen LogP contribution in [0.15, 0.2) is 35.1 Å². The Bertz CT molecular complexity index is 1320. The fourth-order valence-electron chi connectivity index (χ4n) is 6.03. The summed E-state index contributed by atoms with van der Waals surface area (Å²) in [6, 6.07) is 9.41. The Balaban J connectivity index is 1.31. The highest BCUT2D eigenvalue weighted by molar-refractivity contribution is 7.89. The number of hydrogen-bond acceptors (Lipinski definition) is 8. The molecule has 4 rings (SSSR count). The normalized spacial score (nSPS) is 22.2. The van der Waals surface area contributed by atoms with Crippen LogP contribution in [0, 0.1) is 0 Å². The molecule has 3 heterocycles. The fraction of sp³-hybridized carbons (Fsp3) is 0.643. The van der Waals surface area contributed by atoms with E-state index < -0.39 is 16.1 Å². The number of amides is 1. The molecule has 2 aromatic rings. The number of piperidine rings is 1. The lowest BCUT2D eigenvalue weighted by Crippen LogP contribution is -2.53. The standard InChI is InChI=1S/C28H42N4O7S/c1-19(2)32-26-7-4-3-6-20(26)14-25(28(32)36)27(35)30-21-15-22-8-9-23(16-21)31(22)18-24(34)17-29-40(37,38)13-5-11-39-12-10-33/h3-4,6-7,14,19,21-24,29,33-34H,5,8-13,15-18H2,1-2H3,(H,30,35). The predicted octanol–water partition coefficient (Wildman–Crippen LogP) is 0.987. The lowest BCUT2D eigenvalue weighted by molar-refractivity contribution is 0.0523. The molecule has 2 aliphatic rings. The topological polar surface area (TPSA) is 150 Å². The van der Waals surface area contributed by atoms with Gasteiger partial charge in [-0.05, 0) is 63.5 Å². The predicted molar refractivity (Wildman–Crippen MR) is 153 cm³/mol. The highest BCUT2D eigenvalue weighted by Gasteiger charge is 2.41. The maximum absolute atomic E-state index is 13.3. The van der Waals surface area contributed by atoms with Crippen molar-refractivity contribution in [2.45, 2.75) is 76.2 Å². The Morgan fingerprint density at radius 1 is 1.15 bits per heavy atom. The SMILES string of the molecule is CC(C)n1c(=O)c(C(=O)NC2CC3CCC(C2)N3CC(O)CNS(=O)(=O)CCCOCCO)cc2ccccc21. The molecule has 2 fully saturated rings. The van der Waals surface area contributed by atoms with Gasteiger partial charge in [0.05, 0.1) is 30.6 Å². The molecule has 3 atom stereocenters. The summed E-state index contributed by atoms with van der Waals surface area (Å²) >= 11 is 0. The molecule has 3 unspecified atom stereocenters. The van der Waals surface area contributed by atoms with Crippen molar-refractivity contribution < 1.29 is 28.2 Å². The van der Waals surface area contributed by atoms with E-state index in [0.717, 1.165) is 23.7 Å². The maximum Gasteiger partial charge on any atom is 0.264 e. The summed E-state index contributed by atoms with van der Waals surface area (Å²) in [5, 5.41) is 23.2. The van der Waals surface area contributed by atoms with E-state index in [9.17, 15) is 23.1 Å². The lowest BCUT2D eigenvalue weighted by Gasteiger charge is -2.40. The zero-order chi connectivity index (χ0) is 28.9. The van der Waals surface area contributed by atoms with Crippen LogP contribution in [0.2, 0.25) is 0 Å². The molecular formula is C28H42N4O7S. The minimum absolute atomic E-state index is 0.0694. The van der Waals surface area contributed by atoms with Crippen LogP contribution >= 0.6 is 0 Å². The first-order valence-electron chi connectivity index (χ1n) is 14.1. The van der Waals surface area contributed by atoms with Crippen LogP contribution in [0.25, 0.3) is 10.9 Å². The molecule has 12 heteroatoms. The number of sulfonamides is 1. The average Bonchev–Trinajstić information content (AvgIpc) is 3.13. The number of fused-ring (bicyclic) bond motifs is 3. The smallest absolute Gasteiger partial charge is 0.264 e. The average molecular weight is 579 g/mol. The Hall–Kier alpha value is -2.35. The largest absolute Gasteiger partial charge is 0.394 e. The number of pyridine rings is 1. The van der Waals surface area contributed by atoms with Crippen LogP contribution in [0.3, 0.4) is 0 Å². The van der Waals surface area contributed by atoms with Crippen molar-refractivity contribution >= 4 is 26.8 Å². The molecule has 0 radical (unpaired) electrons. The first kappa shape index (κ1) is 30.6. The van der Waals surface area contributed by atoms with E-state index in [1.165, 1.54) is 0 Å². The first-order chi connectivity index (χ1) is 19.1. The van der Waals surface area contributed by atoms with Crippen LogP contribution in [0.5, 0.6) is 0 Å². The Kier molecular flexibility index (Phi) is 10.4. The number of aliphatic hydroxyl groups excluding tert-OH is 2. The van der Waals surface area contributed by atoms with Gasteiger partial charge in [-0.25, -0.2) is 13.1 Å². The Morgan fingerprint density at radius 3 is 2.52 bits per heavy atom. The summed E-state index contributed by atoms with van der Waals surface area (Å²) < 4.78 is 33.7. The summed E-state index contributed by atoms with van der Waals surface area (Å²) in [5.41, 5.74) is 0.651. The third-order valence-electron chi connectivity index (χ3n) is 7.82. The van der Waals surface area contributed by atoms with E-state index in [-0.39, 0.29) is 73.3 Å². The monoisotopic (exact) mass is 578 g/mol. The molecule has 0 saturated carbocycles. The molecule has 1 aromatic carbocycles. The third kappa shape index (κ3) is 7.48. The van der Waals surface area contributed by atoms with Crippen molar-refractivity contribution in [2.24, 2.45) is 0 Å². The van der Waals surface area contributed by atoms with Crippen molar-refractivity contribution in [1.82, 2.24) is 19.5 Å². The van der Waals surface area contributed by atoms with Crippen molar-refractivity contribution in [1.29, 1.82) is 0 Å². The van der Waals surface area contributed by atoms with Crippen LogP contribution in [0.1, 0.15) is 62.4 Å². The maximum atomic E-state index is 13.3. The van der Waals surface area contributed by atoms with Gasteiger partial charge in [0.1, 0.15) is 5.56 Å². The van der Waals surface area contributed by atoms with Gasteiger partial charge in [-0.15, -0.1) is 0 Å². The second-order valence-electron chi connectivity index (χ2n) is 11.1. The van der Waals surface area contributed by atoms with Gasteiger partial charge < -0.3 is 24.8 Å². The second kappa shape index (κ2) is 13.5. The highest BCUT2D eigenvalue weighted by Crippen LogP contribution is 2.36. The van der Waals surface area contributed by atoms with Crippen molar-refractivity contribution in [3.8, 4) is 0 Å². The number of hydrogen-bond donors (Lipinski definition) is 4. The number of ether oxygens (including phenoxy) is 1. The second-order valence-corrected chi connectivity index (χ2v) is 13.0. The van der Waals surface area contributed by atoms with Gasteiger partial charge >= 0.3 is 0 Å². The molecular weight excluding hydrogens is 536 g/mol. The van der Waals surface area contributed by atoms with Crippen molar-refractivity contribution in [3.63, 3.8) is 0 Å². The van der Waals surface area contributed by atoms with E-state index >= 15 is 0 Å². The van der Waals surface area contributed by atoms with Gasteiger partial charge in [-0.2, -0.15) is 0 Å². The van der Waals surface area contributed by atoms with Crippen LogP contribution in [0.4, 0.5) is 0 Å². The first-order valence-corrected chi connectivity index (χ1v) is 15.8. The molecule has 1 amide bonds. The van der Waals surface area contributed by atoms with Crippen LogP contribution in [-0.2, 0) is 14.8 Å². The molecule has 0 spiro atoms. The van der Waals surface area contributed by atoms with Gasteiger partial charge in [0.2, 0.25) is 10.0 Å². The minimum atomic E-state index is -3.54. The molecule has 2 saturated heterocycles. The van der Waals surface area contributed by atoms with Crippen molar-refractivity contribution in [3.05, 3.63) is 46.2 Å². The molecule has 222 valence electrons. The lowest BCUT2D eigenvalue weighted by atomic mass is 9.96. The van der Waals surface area contributed by atoms with E-state index in [1.807, 2.05) is 38.1 Å². The highest BCUT2D eigenvalue weighted by atomic mass is 32.2. The van der Waals surface area contributed by atoms with E-state index in [0.29, 0.717) is 25.8 Å².